The molecule has 1 aliphatic carbocycles. The van der Waals surface area contributed by atoms with Crippen LogP contribution in [-0.2, 0) is 4.79 Å². The zero-order valence-electron chi connectivity index (χ0n) is 7.12. The molecule has 0 saturated heterocycles. The predicted molar refractivity (Wildman–Crippen MR) is 46.3 cm³/mol. The quantitative estimate of drug-likeness (QED) is 0.447. The highest BCUT2D eigenvalue weighted by Crippen LogP contribution is 2.29. The highest BCUT2D eigenvalue weighted by Gasteiger charge is 2.19. The molecule has 0 heterocycles. The maximum atomic E-state index is 10.3. The van der Waals surface area contributed by atoms with Crippen LogP contribution in [0.3, 0.4) is 0 Å². The summed E-state index contributed by atoms with van der Waals surface area (Å²) in [5, 5.41) is 0. The number of hydrogen-bond donors (Lipinski definition) is 0. The van der Waals surface area contributed by atoms with Gasteiger partial charge >= 0.3 is 0 Å². The van der Waals surface area contributed by atoms with E-state index >= 15 is 0 Å². The number of allylic oxidation sites excluding steroid dienone is 2. The third kappa shape index (κ3) is 2.18. The monoisotopic (exact) mass is 152 g/mol. The molecule has 0 aliphatic heterocycles. The van der Waals surface area contributed by atoms with Crippen molar-refractivity contribution in [3.8, 4) is 0 Å². The van der Waals surface area contributed by atoms with Crippen LogP contribution in [0.25, 0.3) is 0 Å². The van der Waals surface area contributed by atoms with Crippen molar-refractivity contribution in [3.63, 3.8) is 0 Å². The minimum Gasteiger partial charge on any atom is -0.303 e. The molecule has 62 valence electrons. The summed E-state index contributed by atoms with van der Waals surface area (Å²) in [5.41, 5.74) is 0. The maximum Gasteiger partial charge on any atom is 0.120 e. The second kappa shape index (κ2) is 4.32. The van der Waals surface area contributed by atoms with Crippen molar-refractivity contribution >= 4 is 6.29 Å². The van der Waals surface area contributed by atoms with Gasteiger partial charge in [-0.3, -0.25) is 0 Å². The Morgan fingerprint density at radius 2 is 2.18 bits per heavy atom. The van der Waals surface area contributed by atoms with Crippen LogP contribution in [0.5, 0.6) is 0 Å². The van der Waals surface area contributed by atoms with Crippen LogP contribution in [0, 0.1) is 11.8 Å². The van der Waals surface area contributed by atoms with Crippen molar-refractivity contribution in [3.05, 3.63) is 12.2 Å². The molecule has 0 spiro atoms. The molecule has 1 rings (SSSR count). The molecule has 1 unspecified atom stereocenters. The minimum absolute atomic E-state index is 0.627. The van der Waals surface area contributed by atoms with Gasteiger partial charge in [0.2, 0.25) is 0 Å². The minimum atomic E-state index is 0.627. The number of rotatable bonds is 4. The molecule has 0 aromatic rings. The van der Waals surface area contributed by atoms with Crippen LogP contribution in [0.1, 0.15) is 32.6 Å². The van der Waals surface area contributed by atoms with E-state index in [-0.39, 0.29) is 0 Å². The van der Waals surface area contributed by atoms with Crippen LogP contribution < -0.4 is 0 Å². The van der Waals surface area contributed by atoms with Gasteiger partial charge in [-0.05, 0) is 24.7 Å². The van der Waals surface area contributed by atoms with Crippen LogP contribution >= 0.6 is 0 Å². The molecule has 1 atom stereocenters. The predicted octanol–water partition coefficient (Wildman–Crippen LogP) is 2.57. The Morgan fingerprint density at radius 1 is 1.55 bits per heavy atom. The van der Waals surface area contributed by atoms with Crippen molar-refractivity contribution in [1.29, 1.82) is 0 Å². The van der Waals surface area contributed by atoms with Crippen molar-refractivity contribution in [2.24, 2.45) is 11.8 Å². The Hall–Kier alpha value is -0.590. The van der Waals surface area contributed by atoms with Crippen LogP contribution in [-0.4, -0.2) is 6.29 Å². The Labute approximate surface area is 68.5 Å². The second-order valence-corrected chi connectivity index (χ2v) is 3.27. The Kier molecular flexibility index (Phi) is 3.34. The lowest BCUT2D eigenvalue weighted by Crippen LogP contribution is -2.11. The third-order valence-electron chi connectivity index (χ3n) is 2.63. The normalized spacial score (nSPS) is 20.5. The molecule has 1 heteroatoms. The molecular formula is C10H16O. The Balaban J connectivity index is 2.34. The number of aldehydes is 1. The molecule has 0 amide bonds. The van der Waals surface area contributed by atoms with Crippen molar-refractivity contribution in [2.75, 3.05) is 0 Å². The first-order valence-corrected chi connectivity index (χ1v) is 4.47. The summed E-state index contributed by atoms with van der Waals surface area (Å²) in [7, 11) is 0. The summed E-state index contributed by atoms with van der Waals surface area (Å²) in [6.07, 6.45) is 9.80. The molecule has 1 aliphatic rings. The van der Waals surface area contributed by atoms with E-state index in [1.165, 1.54) is 12.8 Å². The largest absolute Gasteiger partial charge is 0.303 e. The Bertz CT molecular complexity index is 141. The van der Waals surface area contributed by atoms with E-state index < -0.39 is 0 Å². The second-order valence-electron chi connectivity index (χ2n) is 3.27. The zero-order valence-corrected chi connectivity index (χ0v) is 7.12. The average molecular weight is 152 g/mol. The number of carbonyl (C=O) groups excluding carboxylic acids is 1. The molecule has 0 saturated carbocycles. The summed E-state index contributed by atoms with van der Waals surface area (Å²) in [6.45, 7) is 2.17. The molecule has 0 aromatic heterocycles. The highest BCUT2D eigenvalue weighted by molar-refractivity contribution is 5.49. The molecule has 0 N–H and O–H groups in total. The van der Waals surface area contributed by atoms with E-state index in [9.17, 15) is 4.79 Å². The molecule has 0 fully saturated rings. The van der Waals surface area contributed by atoms with Gasteiger partial charge in [-0.25, -0.2) is 0 Å². The summed E-state index contributed by atoms with van der Waals surface area (Å²) in [5.74, 6) is 1.38. The maximum absolute atomic E-state index is 10.3. The van der Waals surface area contributed by atoms with Crippen molar-refractivity contribution in [2.45, 2.75) is 32.6 Å². The van der Waals surface area contributed by atoms with E-state index in [2.05, 4.69) is 19.1 Å². The van der Waals surface area contributed by atoms with E-state index in [1.54, 1.807) is 0 Å². The van der Waals surface area contributed by atoms with Gasteiger partial charge in [0.25, 0.3) is 0 Å². The molecule has 0 aromatic carbocycles. The number of carbonyl (C=O) groups is 1. The lowest BCUT2D eigenvalue weighted by atomic mass is 9.86. The van der Waals surface area contributed by atoms with Crippen molar-refractivity contribution in [1.82, 2.24) is 0 Å². The first kappa shape index (κ1) is 8.51. The topological polar surface area (TPSA) is 17.1 Å². The molecular weight excluding hydrogens is 136 g/mol. The number of hydrogen-bond acceptors (Lipinski definition) is 1. The molecule has 1 nitrogen and oxygen atoms in total. The lowest BCUT2D eigenvalue weighted by Gasteiger charge is -2.18. The van der Waals surface area contributed by atoms with Gasteiger partial charge in [0.05, 0.1) is 0 Å². The third-order valence-corrected chi connectivity index (χ3v) is 2.63. The summed E-state index contributed by atoms with van der Waals surface area (Å²) < 4.78 is 0. The zero-order chi connectivity index (χ0) is 8.10. The van der Waals surface area contributed by atoms with Crippen LogP contribution in [0.2, 0.25) is 0 Å². The molecule has 0 bridgehead atoms. The van der Waals surface area contributed by atoms with Crippen LogP contribution in [0.15, 0.2) is 12.2 Å². The molecule has 11 heavy (non-hydrogen) atoms. The van der Waals surface area contributed by atoms with Crippen LogP contribution in [0.4, 0.5) is 0 Å². The smallest absolute Gasteiger partial charge is 0.120 e. The summed E-state index contributed by atoms with van der Waals surface area (Å²) in [4.78, 5) is 10.3. The fraction of sp³-hybridized carbons (Fsp3) is 0.700. The SMILES string of the molecule is CCC(CC=O)C1CC=CC1. The highest BCUT2D eigenvalue weighted by atomic mass is 16.1. The first-order chi connectivity index (χ1) is 5.38. The average Bonchev–Trinajstić information content (AvgIpc) is 2.52. The van der Waals surface area contributed by atoms with Gasteiger partial charge in [-0.1, -0.05) is 25.5 Å². The van der Waals surface area contributed by atoms with Gasteiger partial charge in [-0.15, -0.1) is 0 Å². The summed E-state index contributed by atoms with van der Waals surface area (Å²) >= 11 is 0. The van der Waals surface area contributed by atoms with Gasteiger partial charge in [0.15, 0.2) is 0 Å². The fourth-order valence-corrected chi connectivity index (χ4v) is 1.84. The van der Waals surface area contributed by atoms with E-state index in [4.69, 9.17) is 0 Å². The van der Waals surface area contributed by atoms with E-state index in [1.807, 2.05) is 0 Å². The van der Waals surface area contributed by atoms with Gasteiger partial charge in [0, 0.05) is 6.42 Å². The van der Waals surface area contributed by atoms with Crippen molar-refractivity contribution < 1.29 is 4.79 Å². The van der Waals surface area contributed by atoms with E-state index in [0.717, 1.165) is 25.0 Å². The standard InChI is InChI=1S/C10H16O/c1-2-9(7-8-11)10-5-3-4-6-10/h3-4,8-10H,2,5-7H2,1H3. The summed E-state index contributed by atoms with van der Waals surface area (Å²) in [6, 6.07) is 0. The van der Waals surface area contributed by atoms with Gasteiger partial charge < -0.3 is 4.79 Å². The molecule has 0 radical (unpaired) electrons. The van der Waals surface area contributed by atoms with Gasteiger partial charge in [-0.2, -0.15) is 0 Å². The van der Waals surface area contributed by atoms with E-state index in [0.29, 0.717) is 5.92 Å². The van der Waals surface area contributed by atoms with Gasteiger partial charge in [0.1, 0.15) is 6.29 Å². The first-order valence-electron chi connectivity index (χ1n) is 4.47. The fourth-order valence-electron chi connectivity index (χ4n) is 1.84. The lowest BCUT2D eigenvalue weighted by molar-refractivity contribution is -0.109. The Morgan fingerprint density at radius 3 is 2.64 bits per heavy atom.